The zero-order chi connectivity index (χ0) is 16.4. The maximum Gasteiger partial charge on any atom is 0.189 e. The number of rotatable bonds is 5. The molecule has 0 aliphatic rings. The summed E-state index contributed by atoms with van der Waals surface area (Å²) in [6, 6.07) is 7.32. The van der Waals surface area contributed by atoms with Crippen LogP contribution in [0.25, 0.3) is 10.9 Å². The van der Waals surface area contributed by atoms with Gasteiger partial charge in [0.15, 0.2) is 5.43 Å². The van der Waals surface area contributed by atoms with Crippen LogP contribution in [0.5, 0.6) is 0 Å². The van der Waals surface area contributed by atoms with Gasteiger partial charge in [0.05, 0.1) is 11.2 Å². The number of pyridine rings is 1. The molecule has 0 aliphatic heterocycles. The van der Waals surface area contributed by atoms with Crippen molar-refractivity contribution in [3.05, 3.63) is 57.6 Å². The fourth-order valence-electron chi connectivity index (χ4n) is 2.90. The van der Waals surface area contributed by atoms with Gasteiger partial charge < -0.3 is 10.3 Å². The van der Waals surface area contributed by atoms with Crippen molar-refractivity contribution in [3.63, 3.8) is 0 Å². The van der Waals surface area contributed by atoms with E-state index in [1.807, 2.05) is 25.1 Å². The predicted molar refractivity (Wildman–Crippen MR) is 93.9 cm³/mol. The van der Waals surface area contributed by atoms with Crippen molar-refractivity contribution >= 4 is 16.6 Å². The SMILES string of the molecule is CCCn1nc(C)c(CNc2ccc3c(=O)cc[nH]c3c2)c1C. The second-order valence-corrected chi connectivity index (χ2v) is 5.83. The normalized spacial score (nSPS) is 11.1. The third-order valence-corrected chi connectivity index (χ3v) is 4.19. The number of anilines is 1. The molecule has 0 aliphatic carbocycles. The Labute approximate surface area is 135 Å². The number of aromatic nitrogens is 3. The first-order chi connectivity index (χ1) is 11.1. The molecule has 2 aromatic heterocycles. The number of aryl methyl sites for hydroxylation is 2. The maximum absolute atomic E-state index is 11.8. The first-order valence-electron chi connectivity index (χ1n) is 7.98. The molecule has 1 aromatic carbocycles. The molecule has 2 N–H and O–H groups in total. The van der Waals surface area contributed by atoms with Crippen LogP contribution in [0.1, 0.15) is 30.3 Å². The quantitative estimate of drug-likeness (QED) is 0.759. The Balaban J connectivity index is 1.82. The molecular weight excluding hydrogens is 288 g/mol. The molecule has 0 amide bonds. The first kappa shape index (κ1) is 15.3. The lowest BCUT2D eigenvalue weighted by atomic mass is 10.1. The van der Waals surface area contributed by atoms with Gasteiger partial charge in [0, 0.05) is 47.7 Å². The van der Waals surface area contributed by atoms with Crippen LogP contribution in [0, 0.1) is 13.8 Å². The molecule has 0 saturated carbocycles. The molecule has 5 heteroatoms. The van der Waals surface area contributed by atoms with Gasteiger partial charge in [-0.25, -0.2) is 0 Å². The summed E-state index contributed by atoms with van der Waals surface area (Å²) in [5, 5.41) is 8.75. The highest BCUT2D eigenvalue weighted by Gasteiger charge is 2.10. The van der Waals surface area contributed by atoms with Gasteiger partial charge in [-0.3, -0.25) is 9.48 Å². The van der Waals surface area contributed by atoms with Gasteiger partial charge in [0.25, 0.3) is 0 Å². The number of hydrogen-bond donors (Lipinski definition) is 2. The number of nitrogens with zero attached hydrogens (tertiary/aromatic N) is 2. The molecule has 0 radical (unpaired) electrons. The molecule has 0 bridgehead atoms. The van der Waals surface area contributed by atoms with Gasteiger partial charge in [0.1, 0.15) is 0 Å². The van der Waals surface area contributed by atoms with Crippen LogP contribution in [0.3, 0.4) is 0 Å². The van der Waals surface area contributed by atoms with E-state index in [4.69, 9.17) is 0 Å². The highest BCUT2D eigenvalue weighted by atomic mass is 16.1. The second kappa shape index (κ2) is 6.28. The highest BCUT2D eigenvalue weighted by molar-refractivity contribution is 5.81. The van der Waals surface area contributed by atoms with Crippen LogP contribution >= 0.6 is 0 Å². The van der Waals surface area contributed by atoms with Gasteiger partial charge in [-0.2, -0.15) is 5.10 Å². The van der Waals surface area contributed by atoms with Crippen molar-refractivity contribution in [1.29, 1.82) is 0 Å². The van der Waals surface area contributed by atoms with E-state index in [-0.39, 0.29) is 5.43 Å². The Kier molecular flexibility index (Phi) is 4.19. The summed E-state index contributed by atoms with van der Waals surface area (Å²) in [6.45, 7) is 8.00. The fourth-order valence-corrected chi connectivity index (χ4v) is 2.90. The zero-order valence-electron chi connectivity index (χ0n) is 13.8. The number of H-pyrrole nitrogens is 1. The van der Waals surface area contributed by atoms with Crippen molar-refractivity contribution in [1.82, 2.24) is 14.8 Å². The number of fused-ring (bicyclic) bond motifs is 1. The van der Waals surface area contributed by atoms with Gasteiger partial charge in [0.2, 0.25) is 0 Å². The number of nitrogens with one attached hydrogen (secondary N) is 2. The van der Waals surface area contributed by atoms with E-state index in [2.05, 4.69) is 33.9 Å². The smallest absolute Gasteiger partial charge is 0.189 e. The molecule has 0 atom stereocenters. The third kappa shape index (κ3) is 2.99. The van der Waals surface area contributed by atoms with Gasteiger partial charge in [-0.1, -0.05) is 6.92 Å². The Hall–Kier alpha value is -2.56. The Morgan fingerprint density at radius 3 is 2.87 bits per heavy atom. The predicted octanol–water partition coefficient (Wildman–Crippen LogP) is 3.36. The van der Waals surface area contributed by atoms with Crippen molar-refractivity contribution < 1.29 is 0 Å². The molecule has 0 unspecified atom stereocenters. The highest BCUT2D eigenvalue weighted by Crippen LogP contribution is 2.18. The second-order valence-electron chi connectivity index (χ2n) is 5.83. The summed E-state index contributed by atoms with van der Waals surface area (Å²) in [6.07, 6.45) is 2.75. The summed E-state index contributed by atoms with van der Waals surface area (Å²) in [4.78, 5) is 14.9. The average Bonchev–Trinajstić information content (AvgIpc) is 2.80. The summed E-state index contributed by atoms with van der Waals surface area (Å²) in [5.41, 5.74) is 5.39. The van der Waals surface area contributed by atoms with Crippen LogP contribution in [0.15, 0.2) is 35.3 Å². The minimum Gasteiger partial charge on any atom is -0.381 e. The van der Waals surface area contributed by atoms with Gasteiger partial charge in [-0.05, 0) is 38.5 Å². The van der Waals surface area contributed by atoms with Crippen molar-refractivity contribution in [3.8, 4) is 0 Å². The summed E-state index contributed by atoms with van der Waals surface area (Å²) in [5.74, 6) is 0. The molecule has 0 fully saturated rings. The molecule has 5 nitrogen and oxygen atoms in total. The Bertz CT molecular complexity index is 892. The van der Waals surface area contributed by atoms with Crippen molar-refractivity contribution in [2.45, 2.75) is 40.3 Å². The lowest BCUT2D eigenvalue weighted by Gasteiger charge is -2.08. The third-order valence-electron chi connectivity index (χ3n) is 4.19. The molecule has 2 heterocycles. The van der Waals surface area contributed by atoms with E-state index in [0.29, 0.717) is 5.39 Å². The number of hydrogen-bond acceptors (Lipinski definition) is 3. The molecular formula is C18H22N4O. The molecule has 23 heavy (non-hydrogen) atoms. The Morgan fingerprint density at radius 1 is 1.26 bits per heavy atom. The standard InChI is InChI=1S/C18H22N4O/c1-4-9-22-13(3)16(12(2)21-22)11-20-14-5-6-15-17(10-14)19-8-7-18(15)23/h5-8,10,20H,4,9,11H2,1-3H3,(H,19,23). The zero-order valence-corrected chi connectivity index (χ0v) is 13.8. The monoisotopic (exact) mass is 310 g/mol. The first-order valence-corrected chi connectivity index (χ1v) is 7.98. The molecule has 3 rings (SSSR count). The van der Waals surface area contributed by atoms with Crippen LogP contribution in [0.4, 0.5) is 5.69 Å². The average molecular weight is 310 g/mol. The van der Waals surface area contributed by atoms with Crippen LogP contribution in [-0.2, 0) is 13.1 Å². The van der Waals surface area contributed by atoms with Crippen molar-refractivity contribution in [2.24, 2.45) is 0 Å². The van der Waals surface area contributed by atoms with Gasteiger partial charge in [-0.15, -0.1) is 0 Å². The van der Waals surface area contributed by atoms with E-state index in [1.54, 1.807) is 12.3 Å². The van der Waals surface area contributed by atoms with Crippen LogP contribution in [-0.4, -0.2) is 14.8 Å². The summed E-state index contributed by atoms with van der Waals surface area (Å²) < 4.78 is 2.07. The fraction of sp³-hybridized carbons (Fsp3) is 0.333. The van der Waals surface area contributed by atoms with Gasteiger partial charge >= 0.3 is 0 Å². The molecule has 0 saturated heterocycles. The molecule has 0 spiro atoms. The maximum atomic E-state index is 11.8. The van der Waals surface area contributed by atoms with E-state index < -0.39 is 0 Å². The topological polar surface area (TPSA) is 62.7 Å². The van der Waals surface area contributed by atoms with E-state index in [1.165, 1.54) is 11.3 Å². The van der Waals surface area contributed by atoms with Crippen LogP contribution < -0.4 is 10.7 Å². The summed E-state index contributed by atoms with van der Waals surface area (Å²) in [7, 11) is 0. The minimum absolute atomic E-state index is 0.0397. The molecule has 120 valence electrons. The lowest BCUT2D eigenvalue weighted by molar-refractivity contribution is 0.582. The van der Waals surface area contributed by atoms with E-state index in [9.17, 15) is 4.79 Å². The summed E-state index contributed by atoms with van der Waals surface area (Å²) >= 11 is 0. The minimum atomic E-state index is 0.0397. The molecule has 3 aromatic rings. The van der Waals surface area contributed by atoms with Crippen LogP contribution in [0.2, 0.25) is 0 Å². The van der Waals surface area contributed by atoms with E-state index >= 15 is 0 Å². The number of aromatic amines is 1. The lowest BCUT2D eigenvalue weighted by Crippen LogP contribution is -2.05. The Morgan fingerprint density at radius 2 is 2.09 bits per heavy atom. The van der Waals surface area contributed by atoms with E-state index in [0.717, 1.165) is 36.4 Å². The largest absolute Gasteiger partial charge is 0.381 e. The van der Waals surface area contributed by atoms with Crippen molar-refractivity contribution in [2.75, 3.05) is 5.32 Å². The number of benzene rings is 1.